The van der Waals surface area contributed by atoms with Gasteiger partial charge >= 0.3 is 6.09 Å². The van der Waals surface area contributed by atoms with Gasteiger partial charge in [0.1, 0.15) is 0 Å². The van der Waals surface area contributed by atoms with E-state index in [-0.39, 0.29) is 11.5 Å². The minimum absolute atomic E-state index is 0.0152. The fourth-order valence-corrected chi connectivity index (χ4v) is 3.35. The van der Waals surface area contributed by atoms with Gasteiger partial charge in [0.15, 0.2) is 0 Å². The summed E-state index contributed by atoms with van der Waals surface area (Å²) < 4.78 is 0. The summed E-state index contributed by atoms with van der Waals surface area (Å²) in [5.41, 5.74) is 7.61. The number of hydrogen-bond acceptors (Lipinski definition) is 3. The quantitative estimate of drug-likeness (QED) is 0.750. The van der Waals surface area contributed by atoms with Crippen LogP contribution in [0.2, 0.25) is 0 Å². The van der Waals surface area contributed by atoms with E-state index in [9.17, 15) is 4.79 Å². The molecule has 5 heteroatoms. The number of nitrogens with zero attached hydrogens (tertiary/aromatic N) is 1. The summed E-state index contributed by atoms with van der Waals surface area (Å²) in [5, 5.41) is 11.8. The van der Waals surface area contributed by atoms with Crippen LogP contribution in [0.15, 0.2) is 24.3 Å². The van der Waals surface area contributed by atoms with Crippen molar-refractivity contribution in [1.82, 2.24) is 5.32 Å². The van der Waals surface area contributed by atoms with E-state index in [2.05, 4.69) is 31.0 Å². The van der Waals surface area contributed by atoms with Crippen molar-refractivity contribution in [1.29, 1.82) is 0 Å². The maximum Gasteiger partial charge on any atom is 0.404 e. The van der Waals surface area contributed by atoms with Gasteiger partial charge in [-0.15, -0.1) is 0 Å². The van der Waals surface area contributed by atoms with Gasteiger partial charge in [0.25, 0.3) is 0 Å². The highest BCUT2D eigenvalue weighted by molar-refractivity contribution is 5.65. The molecule has 1 heterocycles. The number of benzene rings is 1. The molecule has 5 nitrogen and oxygen atoms in total. The Balaban J connectivity index is 2.00. The van der Waals surface area contributed by atoms with Crippen LogP contribution in [0.25, 0.3) is 0 Å². The molecule has 0 aromatic heterocycles. The van der Waals surface area contributed by atoms with Crippen LogP contribution in [-0.2, 0) is 0 Å². The number of anilines is 2. The van der Waals surface area contributed by atoms with Crippen LogP contribution in [-0.4, -0.2) is 30.3 Å². The molecule has 4 N–H and O–H groups in total. The zero-order valence-electron chi connectivity index (χ0n) is 13.7. The summed E-state index contributed by atoms with van der Waals surface area (Å²) in [6.07, 6.45) is 1.06. The number of rotatable bonds is 3. The minimum Gasteiger partial charge on any atom is -0.465 e. The molecule has 1 unspecified atom stereocenters. The molecule has 0 radical (unpaired) electrons. The molecule has 0 saturated carbocycles. The Bertz CT molecular complexity index is 500. The van der Waals surface area contributed by atoms with Crippen LogP contribution in [0, 0.1) is 11.3 Å². The first-order valence-corrected chi connectivity index (χ1v) is 7.87. The number of nitrogen functional groups attached to an aromatic ring is 1. The first-order valence-electron chi connectivity index (χ1n) is 7.87. The molecule has 1 aliphatic rings. The third-order valence-corrected chi connectivity index (χ3v) is 4.48. The molecule has 1 aliphatic heterocycles. The topological polar surface area (TPSA) is 78.6 Å². The molecule has 0 aliphatic carbocycles. The first kappa shape index (κ1) is 16.5. The molecular formula is C17H27N3O2. The molecule has 1 atom stereocenters. The second-order valence-corrected chi connectivity index (χ2v) is 7.21. The Kier molecular flexibility index (Phi) is 4.84. The molecule has 1 saturated heterocycles. The van der Waals surface area contributed by atoms with E-state index in [0.717, 1.165) is 31.6 Å². The van der Waals surface area contributed by atoms with E-state index in [0.29, 0.717) is 5.92 Å². The third kappa shape index (κ3) is 4.06. The van der Waals surface area contributed by atoms with Crippen LogP contribution in [0.3, 0.4) is 0 Å². The molecule has 0 spiro atoms. The van der Waals surface area contributed by atoms with Crippen LogP contribution in [0.5, 0.6) is 0 Å². The van der Waals surface area contributed by atoms with E-state index in [4.69, 9.17) is 10.8 Å². The predicted molar refractivity (Wildman–Crippen MR) is 90.2 cm³/mol. The highest BCUT2D eigenvalue weighted by Gasteiger charge is 2.35. The van der Waals surface area contributed by atoms with Crippen LogP contribution in [0.1, 0.15) is 33.6 Å². The number of amides is 1. The summed E-state index contributed by atoms with van der Waals surface area (Å²) in [5.74, 6) is 0.376. The maximum absolute atomic E-state index is 11.1. The van der Waals surface area contributed by atoms with E-state index in [1.807, 2.05) is 24.3 Å². The number of nitrogens with two attached hydrogens (primary N) is 1. The van der Waals surface area contributed by atoms with Crippen molar-refractivity contribution in [3.8, 4) is 0 Å². The molecule has 1 amide bonds. The van der Waals surface area contributed by atoms with Crippen molar-refractivity contribution in [3.05, 3.63) is 24.3 Å². The monoisotopic (exact) mass is 305 g/mol. The van der Waals surface area contributed by atoms with Gasteiger partial charge in [0, 0.05) is 30.5 Å². The lowest BCUT2D eigenvalue weighted by Crippen LogP contribution is -2.51. The Morgan fingerprint density at radius 3 is 2.27 bits per heavy atom. The highest BCUT2D eigenvalue weighted by atomic mass is 16.4. The lowest BCUT2D eigenvalue weighted by Gasteiger charge is -2.42. The zero-order valence-corrected chi connectivity index (χ0v) is 13.7. The maximum atomic E-state index is 11.1. The van der Waals surface area contributed by atoms with Gasteiger partial charge in [-0.1, -0.05) is 20.8 Å². The van der Waals surface area contributed by atoms with Crippen molar-refractivity contribution >= 4 is 17.5 Å². The molecule has 1 aromatic carbocycles. The molecule has 1 aromatic rings. The molecule has 0 bridgehead atoms. The summed E-state index contributed by atoms with van der Waals surface area (Å²) in [7, 11) is 0. The van der Waals surface area contributed by atoms with Crippen molar-refractivity contribution in [2.75, 3.05) is 23.7 Å². The summed E-state index contributed by atoms with van der Waals surface area (Å²) >= 11 is 0. The van der Waals surface area contributed by atoms with E-state index in [1.54, 1.807) is 0 Å². The molecule has 1 fully saturated rings. The predicted octanol–water partition coefficient (Wildman–Crippen LogP) is 3.17. The summed E-state index contributed by atoms with van der Waals surface area (Å²) in [4.78, 5) is 13.4. The van der Waals surface area contributed by atoms with Gasteiger partial charge in [-0.25, -0.2) is 4.79 Å². The van der Waals surface area contributed by atoms with E-state index < -0.39 is 6.09 Å². The molecular weight excluding hydrogens is 278 g/mol. The second kappa shape index (κ2) is 6.46. The van der Waals surface area contributed by atoms with Crippen molar-refractivity contribution in [2.45, 2.75) is 39.7 Å². The Hall–Kier alpha value is -1.91. The fraction of sp³-hybridized carbons (Fsp3) is 0.588. The van der Waals surface area contributed by atoms with Crippen molar-refractivity contribution in [3.63, 3.8) is 0 Å². The average Bonchev–Trinajstić information content (AvgIpc) is 2.45. The number of nitrogens with one attached hydrogen (secondary N) is 1. The lowest BCUT2D eigenvalue weighted by molar-refractivity contribution is 0.142. The van der Waals surface area contributed by atoms with E-state index in [1.165, 1.54) is 5.69 Å². The molecule has 122 valence electrons. The van der Waals surface area contributed by atoms with Crippen molar-refractivity contribution in [2.24, 2.45) is 11.3 Å². The smallest absolute Gasteiger partial charge is 0.404 e. The van der Waals surface area contributed by atoms with Gasteiger partial charge < -0.3 is 21.1 Å². The minimum atomic E-state index is -0.930. The number of piperidine rings is 1. The van der Waals surface area contributed by atoms with Crippen LogP contribution >= 0.6 is 0 Å². The number of hydrogen-bond donors (Lipinski definition) is 3. The lowest BCUT2D eigenvalue weighted by atomic mass is 9.75. The Morgan fingerprint density at radius 1 is 1.27 bits per heavy atom. The van der Waals surface area contributed by atoms with Gasteiger partial charge in [0.05, 0.1) is 0 Å². The van der Waals surface area contributed by atoms with Crippen LogP contribution < -0.4 is 16.0 Å². The van der Waals surface area contributed by atoms with Gasteiger partial charge in [-0.2, -0.15) is 0 Å². The SMILES string of the molecule is CC(C)(C)C(NC(=O)O)C1CCN(c2ccc(N)cc2)CC1. The number of carboxylic acid groups (broad SMARTS) is 1. The fourth-order valence-electron chi connectivity index (χ4n) is 3.35. The van der Waals surface area contributed by atoms with Gasteiger partial charge in [-0.05, 0) is 48.4 Å². The highest BCUT2D eigenvalue weighted by Crippen LogP contribution is 2.33. The standard InChI is InChI=1S/C17H27N3O2/c1-17(2,3)15(19-16(21)22)12-8-10-20(11-9-12)14-6-4-13(18)5-7-14/h4-7,12,15,19H,8-11,18H2,1-3H3,(H,21,22). The third-order valence-electron chi connectivity index (χ3n) is 4.48. The first-order chi connectivity index (χ1) is 10.3. The second-order valence-electron chi connectivity index (χ2n) is 7.21. The van der Waals surface area contributed by atoms with Crippen LogP contribution in [0.4, 0.5) is 16.2 Å². The summed E-state index contributed by atoms with van der Waals surface area (Å²) in [6.45, 7) is 8.19. The Morgan fingerprint density at radius 2 is 1.82 bits per heavy atom. The normalized spacial score (nSPS) is 18.0. The van der Waals surface area contributed by atoms with Crippen molar-refractivity contribution < 1.29 is 9.90 Å². The molecule has 2 rings (SSSR count). The Labute approximate surface area is 132 Å². The average molecular weight is 305 g/mol. The zero-order chi connectivity index (χ0) is 16.3. The van der Waals surface area contributed by atoms with E-state index >= 15 is 0 Å². The number of carbonyl (C=O) groups is 1. The summed E-state index contributed by atoms with van der Waals surface area (Å²) in [6, 6.07) is 7.92. The van der Waals surface area contributed by atoms with Gasteiger partial charge in [-0.3, -0.25) is 0 Å². The largest absolute Gasteiger partial charge is 0.465 e. The molecule has 22 heavy (non-hydrogen) atoms. The van der Waals surface area contributed by atoms with Gasteiger partial charge in [0.2, 0.25) is 0 Å².